The van der Waals surface area contributed by atoms with Crippen molar-refractivity contribution < 1.29 is 0 Å². The maximum absolute atomic E-state index is 4.51. The van der Waals surface area contributed by atoms with Crippen molar-refractivity contribution in [3.8, 4) is 11.3 Å². The van der Waals surface area contributed by atoms with E-state index in [0.29, 0.717) is 0 Å². The summed E-state index contributed by atoms with van der Waals surface area (Å²) in [5.74, 6) is 0.812. The lowest BCUT2D eigenvalue weighted by molar-refractivity contribution is 0.866. The first-order valence-electron chi connectivity index (χ1n) is 8.45. The molecule has 122 valence electrons. The van der Waals surface area contributed by atoms with Gasteiger partial charge in [0.05, 0.1) is 6.04 Å². The molecule has 3 nitrogen and oxygen atoms in total. The average Bonchev–Trinajstić information content (AvgIpc) is 2.69. The number of hydrogen-bond acceptors (Lipinski definition) is 3. The molecule has 1 aromatic heterocycles. The first-order chi connectivity index (χ1) is 12.3. The molecule has 0 amide bonds. The third-order valence-electron chi connectivity index (χ3n) is 4.39. The van der Waals surface area contributed by atoms with Gasteiger partial charge in [0.15, 0.2) is 5.82 Å². The SMILES string of the molecule is CC(Nc1nnc(-c2ccccc2)c2ccccc12)c1ccccc1. The normalized spacial score (nSPS) is 12.0. The number of anilines is 1. The third-order valence-corrected chi connectivity index (χ3v) is 4.39. The van der Waals surface area contributed by atoms with Crippen LogP contribution in [0, 0.1) is 0 Å². The molecule has 0 aliphatic rings. The van der Waals surface area contributed by atoms with E-state index in [0.717, 1.165) is 27.8 Å². The van der Waals surface area contributed by atoms with Gasteiger partial charge in [-0.2, -0.15) is 0 Å². The molecule has 0 spiro atoms. The number of hydrogen-bond donors (Lipinski definition) is 1. The number of benzene rings is 3. The second-order valence-corrected chi connectivity index (χ2v) is 6.09. The van der Waals surface area contributed by atoms with Crippen LogP contribution in [0.15, 0.2) is 84.9 Å². The van der Waals surface area contributed by atoms with Gasteiger partial charge in [0.2, 0.25) is 0 Å². The van der Waals surface area contributed by atoms with Crippen LogP contribution in [0.2, 0.25) is 0 Å². The van der Waals surface area contributed by atoms with Crippen LogP contribution in [-0.2, 0) is 0 Å². The molecule has 0 fully saturated rings. The molecule has 0 aliphatic heterocycles. The molecule has 0 saturated heterocycles. The van der Waals surface area contributed by atoms with E-state index in [1.54, 1.807) is 0 Å². The molecule has 0 saturated carbocycles. The molecule has 0 radical (unpaired) electrons. The first kappa shape index (κ1) is 15.3. The molecule has 3 heteroatoms. The van der Waals surface area contributed by atoms with E-state index < -0.39 is 0 Å². The van der Waals surface area contributed by atoms with E-state index >= 15 is 0 Å². The molecule has 1 atom stereocenters. The fourth-order valence-electron chi connectivity index (χ4n) is 3.05. The van der Waals surface area contributed by atoms with Crippen LogP contribution in [-0.4, -0.2) is 10.2 Å². The van der Waals surface area contributed by atoms with Crippen LogP contribution in [0.5, 0.6) is 0 Å². The molecular formula is C22H19N3. The van der Waals surface area contributed by atoms with Gasteiger partial charge in [-0.25, -0.2) is 0 Å². The van der Waals surface area contributed by atoms with Gasteiger partial charge in [-0.1, -0.05) is 84.9 Å². The van der Waals surface area contributed by atoms with Gasteiger partial charge in [0.25, 0.3) is 0 Å². The summed E-state index contributed by atoms with van der Waals surface area (Å²) in [7, 11) is 0. The molecule has 25 heavy (non-hydrogen) atoms. The zero-order valence-corrected chi connectivity index (χ0v) is 14.1. The monoisotopic (exact) mass is 325 g/mol. The van der Waals surface area contributed by atoms with Gasteiger partial charge in [-0.05, 0) is 12.5 Å². The Kier molecular flexibility index (Phi) is 4.13. The van der Waals surface area contributed by atoms with Gasteiger partial charge >= 0.3 is 0 Å². The van der Waals surface area contributed by atoms with Crippen LogP contribution in [0.3, 0.4) is 0 Å². The van der Waals surface area contributed by atoms with Crippen molar-refractivity contribution in [2.45, 2.75) is 13.0 Å². The lowest BCUT2D eigenvalue weighted by Crippen LogP contribution is -2.09. The summed E-state index contributed by atoms with van der Waals surface area (Å²) in [6.07, 6.45) is 0. The van der Waals surface area contributed by atoms with Crippen LogP contribution < -0.4 is 5.32 Å². The van der Waals surface area contributed by atoms with Crippen molar-refractivity contribution in [2.24, 2.45) is 0 Å². The summed E-state index contributed by atoms with van der Waals surface area (Å²) in [4.78, 5) is 0. The average molecular weight is 325 g/mol. The van der Waals surface area contributed by atoms with Gasteiger partial charge in [0.1, 0.15) is 5.69 Å². The highest BCUT2D eigenvalue weighted by Gasteiger charge is 2.13. The number of aromatic nitrogens is 2. The molecule has 4 aromatic rings. The number of nitrogens with zero attached hydrogens (tertiary/aromatic N) is 2. The first-order valence-corrected chi connectivity index (χ1v) is 8.45. The lowest BCUT2D eigenvalue weighted by Gasteiger charge is -2.17. The minimum atomic E-state index is 0.154. The summed E-state index contributed by atoms with van der Waals surface area (Å²) in [6.45, 7) is 2.14. The summed E-state index contributed by atoms with van der Waals surface area (Å²) in [6, 6.07) is 29.0. The second-order valence-electron chi connectivity index (χ2n) is 6.09. The highest BCUT2D eigenvalue weighted by molar-refractivity contribution is 6.00. The second kappa shape index (κ2) is 6.73. The lowest BCUT2D eigenvalue weighted by atomic mass is 10.0. The Morgan fingerprint density at radius 3 is 2.00 bits per heavy atom. The standard InChI is InChI=1S/C22H19N3/c1-16(17-10-4-2-5-11-17)23-22-20-15-9-8-14-19(20)21(24-25-22)18-12-6-3-7-13-18/h2-16H,1H3,(H,23,25). The Balaban J connectivity index is 1.77. The number of rotatable bonds is 4. The van der Waals surface area contributed by atoms with Crippen LogP contribution in [0.1, 0.15) is 18.5 Å². The minimum absolute atomic E-state index is 0.154. The van der Waals surface area contributed by atoms with Crippen molar-refractivity contribution in [1.82, 2.24) is 10.2 Å². The molecule has 1 N–H and O–H groups in total. The fraction of sp³-hybridized carbons (Fsp3) is 0.0909. The Bertz CT molecular complexity index is 982. The quantitative estimate of drug-likeness (QED) is 0.540. The zero-order chi connectivity index (χ0) is 17.1. The van der Waals surface area contributed by atoms with E-state index in [2.05, 4.69) is 71.0 Å². The largest absolute Gasteiger partial charge is 0.362 e. The van der Waals surface area contributed by atoms with Gasteiger partial charge < -0.3 is 5.32 Å². The van der Waals surface area contributed by atoms with Crippen LogP contribution in [0.4, 0.5) is 5.82 Å². The predicted octanol–water partition coefficient (Wildman–Crippen LogP) is 5.47. The number of nitrogens with one attached hydrogen (secondary N) is 1. The predicted molar refractivity (Wildman–Crippen MR) is 103 cm³/mol. The zero-order valence-electron chi connectivity index (χ0n) is 14.1. The summed E-state index contributed by atoms with van der Waals surface area (Å²) in [5.41, 5.74) is 3.21. The third kappa shape index (κ3) is 3.09. The van der Waals surface area contributed by atoms with Crippen molar-refractivity contribution >= 4 is 16.6 Å². The highest BCUT2D eigenvalue weighted by Crippen LogP contribution is 2.31. The van der Waals surface area contributed by atoms with E-state index in [1.807, 2.05) is 36.4 Å². The Morgan fingerprint density at radius 2 is 1.28 bits per heavy atom. The molecule has 4 rings (SSSR count). The Morgan fingerprint density at radius 1 is 0.680 bits per heavy atom. The van der Waals surface area contributed by atoms with Crippen LogP contribution in [0.25, 0.3) is 22.0 Å². The van der Waals surface area contributed by atoms with Crippen LogP contribution >= 0.6 is 0 Å². The van der Waals surface area contributed by atoms with Gasteiger partial charge in [0, 0.05) is 16.3 Å². The summed E-state index contributed by atoms with van der Waals surface area (Å²) < 4.78 is 0. The Hall–Kier alpha value is -3.20. The van der Waals surface area contributed by atoms with Gasteiger partial charge in [-0.15, -0.1) is 10.2 Å². The molecular weight excluding hydrogens is 306 g/mol. The topological polar surface area (TPSA) is 37.8 Å². The van der Waals surface area contributed by atoms with Gasteiger partial charge in [-0.3, -0.25) is 0 Å². The maximum atomic E-state index is 4.51. The van der Waals surface area contributed by atoms with Crippen molar-refractivity contribution in [3.05, 3.63) is 90.5 Å². The molecule has 1 heterocycles. The van der Waals surface area contributed by atoms with Crippen molar-refractivity contribution in [1.29, 1.82) is 0 Å². The van der Waals surface area contributed by atoms with E-state index in [-0.39, 0.29) is 6.04 Å². The molecule has 0 bridgehead atoms. The fourth-order valence-corrected chi connectivity index (χ4v) is 3.05. The van der Waals surface area contributed by atoms with Crippen molar-refractivity contribution in [2.75, 3.05) is 5.32 Å². The molecule has 0 aliphatic carbocycles. The highest BCUT2D eigenvalue weighted by atomic mass is 15.2. The summed E-state index contributed by atoms with van der Waals surface area (Å²) in [5, 5.41) is 14.7. The maximum Gasteiger partial charge on any atom is 0.157 e. The Labute approximate surface area is 147 Å². The smallest absolute Gasteiger partial charge is 0.157 e. The molecule has 1 unspecified atom stereocenters. The van der Waals surface area contributed by atoms with E-state index in [9.17, 15) is 0 Å². The van der Waals surface area contributed by atoms with E-state index in [4.69, 9.17) is 0 Å². The van der Waals surface area contributed by atoms with E-state index in [1.165, 1.54) is 5.56 Å². The minimum Gasteiger partial charge on any atom is -0.362 e. The number of fused-ring (bicyclic) bond motifs is 1. The summed E-state index contributed by atoms with van der Waals surface area (Å²) >= 11 is 0. The molecule has 3 aromatic carbocycles. The van der Waals surface area contributed by atoms with Crippen molar-refractivity contribution in [3.63, 3.8) is 0 Å².